The first-order valence-electron chi connectivity index (χ1n) is 14.2. The van der Waals surface area contributed by atoms with Gasteiger partial charge in [0.1, 0.15) is 6.04 Å². The van der Waals surface area contributed by atoms with Gasteiger partial charge in [0.25, 0.3) is 0 Å². The van der Waals surface area contributed by atoms with Crippen LogP contribution < -0.4 is 5.73 Å². The number of methoxy groups -OCH3 is 1. The molecule has 0 aliphatic heterocycles. The smallest absolute Gasteiger partial charge is 0.327 e. The van der Waals surface area contributed by atoms with Gasteiger partial charge < -0.3 is 15.6 Å². The number of nitrogens with two attached hydrogens (primary N) is 1. The molecule has 0 amide bonds. The Morgan fingerprint density at radius 3 is 1.95 bits per heavy atom. The van der Waals surface area contributed by atoms with Gasteiger partial charge in [-0.15, -0.1) is 0 Å². The summed E-state index contributed by atoms with van der Waals surface area (Å²) in [7, 11) is 1.35. The predicted molar refractivity (Wildman–Crippen MR) is 162 cm³/mol. The van der Waals surface area contributed by atoms with Crippen LogP contribution in [0.3, 0.4) is 0 Å². The van der Waals surface area contributed by atoms with E-state index in [2.05, 4.69) is 84.9 Å². The van der Waals surface area contributed by atoms with Gasteiger partial charge in [-0.05, 0) is 89.5 Å². The molecule has 0 heterocycles. The predicted octanol–water partition coefficient (Wildman–Crippen LogP) is 7.59. The summed E-state index contributed by atoms with van der Waals surface area (Å²) in [5.74, 6) is -0.440. The van der Waals surface area contributed by atoms with Gasteiger partial charge in [-0.1, -0.05) is 95.3 Å². The van der Waals surface area contributed by atoms with Crippen molar-refractivity contribution in [2.24, 2.45) is 11.1 Å². The zero-order valence-corrected chi connectivity index (χ0v) is 25.1. The largest absolute Gasteiger partial charge is 0.468 e. The molecule has 4 nitrogen and oxygen atoms in total. The molecule has 0 radical (unpaired) electrons. The molecule has 0 aliphatic carbocycles. The molecular weight excluding hydrogens is 482 g/mol. The highest BCUT2D eigenvalue weighted by molar-refractivity contribution is 5.78. The van der Waals surface area contributed by atoms with E-state index in [1.807, 2.05) is 24.3 Å². The maximum Gasteiger partial charge on any atom is 0.327 e. The molecule has 0 fully saturated rings. The van der Waals surface area contributed by atoms with Crippen LogP contribution >= 0.6 is 0 Å². The summed E-state index contributed by atoms with van der Waals surface area (Å²) in [5, 5.41) is 10.5. The number of carbonyl (C=O) groups is 1. The van der Waals surface area contributed by atoms with Gasteiger partial charge in [0.15, 0.2) is 0 Å². The van der Waals surface area contributed by atoms with Crippen molar-refractivity contribution in [1.82, 2.24) is 0 Å². The number of ether oxygens (including phenoxy) is 1. The normalized spacial score (nSPS) is 13.7. The number of carbonyl (C=O) groups excluding carboxylic acids is 1. The zero-order chi connectivity index (χ0) is 29.0. The van der Waals surface area contributed by atoms with Crippen LogP contribution in [0.4, 0.5) is 0 Å². The van der Waals surface area contributed by atoms with Gasteiger partial charge in [-0.25, -0.2) is 0 Å². The molecule has 0 aromatic heterocycles. The summed E-state index contributed by atoms with van der Waals surface area (Å²) < 4.78 is 4.78. The minimum Gasteiger partial charge on any atom is -0.468 e. The Bertz CT molecular complexity index is 1270. The van der Waals surface area contributed by atoms with Crippen molar-refractivity contribution >= 4 is 5.97 Å². The van der Waals surface area contributed by atoms with Crippen LogP contribution in [0, 0.1) is 19.3 Å². The number of rotatable bonds is 10. The van der Waals surface area contributed by atoms with Crippen molar-refractivity contribution in [3.63, 3.8) is 0 Å². The fraction of sp³-hybridized carbons (Fsp3) is 0.457. The number of hydrogen-bond donors (Lipinski definition) is 2. The van der Waals surface area contributed by atoms with Crippen molar-refractivity contribution in [3.05, 3.63) is 94.0 Å². The summed E-state index contributed by atoms with van der Waals surface area (Å²) in [6.07, 6.45) is 3.34. The van der Waals surface area contributed by atoms with E-state index in [9.17, 15) is 9.90 Å². The summed E-state index contributed by atoms with van der Waals surface area (Å²) in [4.78, 5) is 11.8. The molecule has 3 aromatic rings. The number of aliphatic hydroxyl groups is 1. The SMILES string of the molecule is CCC(CC)(c1ccc(CCC(O)C(C)(C)C)c(C)c1)c1ccc(-c2ccc([C@@H](N)C(=O)OC)cc2)c(C)c1. The monoisotopic (exact) mass is 529 g/mol. The highest BCUT2D eigenvalue weighted by atomic mass is 16.5. The lowest BCUT2D eigenvalue weighted by molar-refractivity contribution is -0.142. The van der Waals surface area contributed by atoms with Gasteiger partial charge in [0.2, 0.25) is 0 Å². The molecule has 0 aliphatic rings. The van der Waals surface area contributed by atoms with Crippen LogP contribution in [-0.2, 0) is 21.4 Å². The lowest BCUT2D eigenvalue weighted by atomic mass is 9.69. The van der Waals surface area contributed by atoms with Crippen LogP contribution in [0.15, 0.2) is 60.7 Å². The van der Waals surface area contributed by atoms with Crippen LogP contribution in [0.1, 0.15) is 93.3 Å². The van der Waals surface area contributed by atoms with E-state index in [-0.39, 0.29) is 16.9 Å². The summed E-state index contributed by atoms with van der Waals surface area (Å²) in [6.45, 7) is 15.2. The van der Waals surface area contributed by atoms with Crippen LogP contribution in [0.5, 0.6) is 0 Å². The molecule has 3 aromatic carbocycles. The first kappa shape index (κ1) is 30.6. The Morgan fingerprint density at radius 2 is 1.46 bits per heavy atom. The molecule has 3 rings (SSSR count). The molecule has 3 N–H and O–H groups in total. The Kier molecular flexibility index (Phi) is 9.79. The molecule has 1 unspecified atom stereocenters. The number of hydrogen-bond acceptors (Lipinski definition) is 4. The fourth-order valence-electron chi connectivity index (χ4n) is 5.65. The van der Waals surface area contributed by atoms with Crippen molar-refractivity contribution in [1.29, 1.82) is 0 Å². The Labute approximate surface area is 235 Å². The minimum absolute atomic E-state index is 0.0748. The maximum atomic E-state index is 11.8. The van der Waals surface area contributed by atoms with Gasteiger partial charge in [-0.3, -0.25) is 4.79 Å². The number of benzene rings is 3. The third kappa shape index (κ3) is 6.62. The van der Waals surface area contributed by atoms with Crippen molar-refractivity contribution < 1.29 is 14.6 Å². The lowest BCUT2D eigenvalue weighted by Crippen LogP contribution is -2.27. The Morgan fingerprint density at radius 1 is 0.897 bits per heavy atom. The second kappa shape index (κ2) is 12.5. The van der Waals surface area contributed by atoms with Gasteiger partial charge in [-0.2, -0.15) is 0 Å². The molecule has 0 bridgehead atoms. The second-order valence-corrected chi connectivity index (χ2v) is 12.0. The van der Waals surface area contributed by atoms with E-state index in [0.29, 0.717) is 0 Å². The highest BCUT2D eigenvalue weighted by Gasteiger charge is 2.31. The van der Waals surface area contributed by atoms with E-state index in [1.165, 1.54) is 40.5 Å². The second-order valence-electron chi connectivity index (χ2n) is 12.0. The van der Waals surface area contributed by atoms with Crippen LogP contribution in [0.25, 0.3) is 11.1 Å². The first-order valence-corrected chi connectivity index (χ1v) is 14.2. The van der Waals surface area contributed by atoms with Gasteiger partial charge >= 0.3 is 5.97 Å². The lowest BCUT2D eigenvalue weighted by Gasteiger charge is -2.34. The minimum atomic E-state index is -0.777. The van der Waals surface area contributed by atoms with Gasteiger partial charge in [0, 0.05) is 5.41 Å². The average molecular weight is 530 g/mol. The molecule has 0 saturated carbocycles. The standard InChI is InChI=1S/C35H47NO3/c1-9-35(10-2,28-17-15-25(23(3)21-28)16-20-31(37)34(5,6)7)29-18-19-30(24(4)22-29)26-11-13-27(14-12-26)32(36)33(38)39-8/h11-15,17-19,21-22,31-32,37H,9-10,16,20,36H2,1-8H3/t31?,32-/m1/s1. The van der Waals surface area contributed by atoms with Crippen molar-refractivity contribution in [3.8, 4) is 11.1 Å². The number of aliphatic hydroxyl groups excluding tert-OH is 1. The topological polar surface area (TPSA) is 72.5 Å². The summed E-state index contributed by atoms with van der Waals surface area (Å²) >= 11 is 0. The van der Waals surface area contributed by atoms with Gasteiger partial charge in [0.05, 0.1) is 13.2 Å². The Hall–Kier alpha value is -2.95. The summed E-state index contributed by atoms with van der Waals surface area (Å²) in [5.41, 5.74) is 15.3. The number of esters is 1. The average Bonchev–Trinajstić information content (AvgIpc) is 2.92. The fourth-order valence-corrected chi connectivity index (χ4v) is 5.65. The molecular formula is C35H47NO3. The first-order chi connectivity index (χ1) is 18.4. The quantitative estimate of drug-likeness (QED) is 0.265. The Balaban J connectivity index is 1.90. The molecule has 4 heteroatoms. The highest BCUT2D eigenvalue weighted by Crippen LogP contribution is 2.41. The van der Waals surface area contributed by atoms with E-state index < -0.39 is 12.0 Å². The molecule has 39 heavy (non-hydrogen) atoms. The molecule has 2 atom stereocenters. The van der Waals surface area contributed by atoms with E-state index >= 15 is 0 Å². The molecule has 0 spiro atoms. The summed E-state index contributed by atoms with van der Waals surface area (Å²) in [6, 6.07) is 20.8. The third-order valence-electron chi connectivity index (χ3n) is 8.60. The number of aryl methyl sites for hydroxylation is 3. The molecule has 0 saturated heterocycles. The third-order valence-corrected chi connectivity index (χ3v) is 8.60. The molecule has 210 valence electrons. The van der Waals surface area contributed by atoms with E-state index in [0.717, 1.165) is 36.8 Å². The van der Waals surface area contributed by atoms with E-state index in [4.69, 9.17) is 10.5 Å². The van der Waals surface area contributed by atoms with Crippen molar-refractivity contribution in [2.75, 3.05) is 7.11 Å². The van der Waals surface area contributed by atoms with Crippen molar-refractivity contribution in [2.45, 2.75) is 91.7 Å². The zero-order valence-electron chi connectivity index (χ0n) is 25.1. The van der Waals surface area contributed by atoms with Crippen LogP contribution in [0.2, 0.25) is 0 Å². The maximum absolute atomic E-state index is 11.8. The van der Waals surface area contributed by atoms with E-state index in [1.54, 1.807) is 0 Å². The van der Waals surface area contributed by atoms with Crippen LogP contribution in [-0.4, -0.2) is 24.3 Å².